The van der Waals surface area contributed by atoms with Crippen molar-refractivity contribution in [3.05, 3.63) is 59.7 Å². The van der Waals surface area contributed by atoms with Crippen LogP contribution >= 0.6 is 23.5 Å². The van der Waals surface area contributed by atoms with Crippen LogP contribution in [-0.2, 0) is 11.2 Å². The Bertz CT molecular complexity index is 682. The number of ether oxygens (including phenoxy) is 1. The molecule has 2 aromatic rings. The summed E-state index contributed by atoms with van der Waals surface area (Å²) in [4.78, 5) is 12.1. The summed E-state index contributed by atoms with van der Waals surface area (Å²) in [6.45, 7) is 2.13. The largest absolute Gasteiger partial charge is 0.483 e. The summed E-state index contributed by atoms with van der Waals surface area (Å²) in [5, 5.41) is 2.88. The van der Waals surface area contributed by atoms with E-state index in [-0.39, 0.29) is 12.5 Å². The van der Waals surface area contributed by atoms with E-state index in [4.69, 9.17) is 4.74 Å². The highest BCUT2D eigenvalue weighted by molar-refractivity contribution is 8.19. The van der Waals surface area contributed by atoms with Gasteiger partial charge in [0, 0.05) is 22.8 Å². The van der Waals surface area contributed by atoms with E-state index in [1.54, 1.807) is 0 Å². The first-order valence-electron chi connectivity index (χ1n) is 8.10. The molecule has 3 nitrogen and oxygen atoms in total. The molecule has 1 N–H and O–H groups in total. The molecule has 3 rings (SSSR count). The first-order chi connectivity index (χ1) is 11.8. The van der Waals surface area contributed by atoms with Crippen molar-refractivity contribution in [2.45, 2.75) is 17.9 Å². The molecule has 0 spiro atoms. The van der Waals surface area contributed by atoms with E-state index in [9.17, 15) is 4.79 Å². The molecule has 0 bridgehead atoms. The number of anilines is 1. The molecule has 126 valence electrons. The molecule has 0 unspecified atom stereocenters. The monoisotopic (exact) mass is 359 g/mol. The lowest BCUT2D eigenvalue weighted by molar-refractivity contribution is -0.118. The van der Waals surface area contributed by atoms with Crippen molar-refractivity contribution in [3.8, 4) is 5.75 Å². The van der Waals surface area contributed by atoms with Crippen LogP contribution in [-0.4, -0.2) is 24.0 Å². The quantitative estimate of drug-likeness (QED) is 0.808. The summed E-state index contributed by atoms with van der Waals surface area (Å²) in [6, 6.07) is 15.9. The fourth-order valence-corrected chi connectivity index (χ4v) is 5.42. The van der Waals surface area contributed by atoms with Gasteiger partial charge in [-0.15, -0.1) is 23.5 Å². The third-order valence-electron chi connectivity index (χ3n) is 3.80. The van der Waals surface area contributed by atoms with Crippen LogP contribution < -0.4 is 10.1 Å². The molecule has 1 heterocycles. The van der Waals surface area contributed by atoms with Crippen molar-refractivity contribution >= 4 is 35.1 Å². The van der Waals surface area contributed by atoms with Gasteiger partial charge in [-0.3, -0.25) is 4.79 Å². The van der Waals surface area contributed by atoms with Gasteiger partial charge in [-0.1, -0.05) is 37.3 Å². The van der Waals surface area contributed by atoms with Crippen LogP contribution in [0.5, 0.6) is 5.75 Å². The molecule has 1 saturated heterocycles. The summed E-state index contributed by atoms with van der Waals surface area (Å²) < 4.78 is 6.20. The Morgan fingerprint density at radius 1 is 1.12 bits per heavy atom. The molecule has 5 heteroatoms. The number of hydrogen-bond donors (Lipinski definition) is 1. The van der Waals surface area contributed by atoms with Crippen molar-refractivity contribution in [2.24, 2.45) is 0 Å². The zero-order valence-corrected chi connectivity index (χ0v) is 15.3. The van der Waals surface area contributed by atoms with Crippen molar-refractivity contribution in [1.29, 1.82) is 0 Å². The summed E-state index contributed by atoms with van der Waals surface area (Å²) in [5.41, 5.74) is 3.23. The fraction of sp³-hybridized carbons (Fsp3) is 0.316. The standard InChI is InChI=1S/C19H21NO2S2/c1-2-14-7-9-15(10-8-14)20-18(21)13-22-17-6-4-3-5-16(17)19-23-11-12-24-19/h3-10,19H,2,11-13H2,1H3,(H,20,21). The van der Waals surface area contributed by atoms with Gasteiger partial charge in [0.1, 0.15) is 5.75 Å². The van der Waals surface area contributed by atoms with Gasteiger partial charge in [0.05, 0.1) is 4.58 Å². The maximum absolute atomic E-state index is 12.1. The lowest BCUT2D eigenvalue weighted by atomic mass is 10.1. The summed E-state index contributed by atoms with van der Waals surface area (Å²) in [5.74, 6) is 3.00. The number of rotatable bonds is 6. The van der Waals surface area contributed by atoms with Crippen molar-refractivity contribution < 1.29 is 9.53 Å². The second-order valence-electron chi connectivity index (χ2n) is 5.50. The van der Waals surface area contributed by atoms with E-state index >= 15 is 0 Å². The Balaban J connectivity index is 1.58. The molecule has 1 fully saturated rings. The highest BCUT2D eigenvalue weighted by atomic mass is 32.2. The van der Waals surface area contributed by atoms with Crippen LogP contribution in [0.1, 0.15) is 22.6 Å². The zero-order chi connectivity index (χ0) is 16.8. The molecule has 2 aromatic carbocycles. The molecular weight excluding hydrogens is 338 g/mol. The summed E-state index contributed by atoms with van der Waals surface area (Å²) in [7, 11) is 0. The molecule has 1 aliphatic rings. The Labute approximate surface area is 151 Å². The number of thioether (sulfide) groups is 2. The topological polar surface area (TPSA) is 38.3 Å². The number of benzene rings is 2. The molecule has 1 aliphatic heterocycles. The first-order valence-corrected chi connectivity index (χ1v) is 10.2. The Morgan fingerprint density at radius 2 is 1.83 bits per heavy atom. The van der Waals surface area contributed by atoms with Crippen molar-refractivity contribution in [2.75, 3.05) is 23.4 Å². The fourth-order valence-electron chi connectivity index (χ4n) is 2.51. The van der Waals surface area contributed by atoms with Crippen LogP contribution in [0, 0.1) is 0 Å². The SMILES string of the molecule is CCc1ccc(NC(=O)COc2ccccc2C2SCCS2)cc1. The first kappa shape index (κ1) is 17.2. The van der Waals surface area contributed by atoms with Crippen LogP contribution in [0.4, 0.5) is 5.69 Å². The molecule has 0 aliphatic carbocycles. The maximum atomic E-state index is 12.1. The molecular formula is C19H21NO2S2. The van der Waals surface area contributed by atoms with Crippen LogP contribution in [0.25, 0.3) is 0 Å². The Morgan fingerprint density at radius 3 is 2.54 bits per heavy atom. The number of nitrogens with one attached hydrogen (secondary N) is 1. The number of amides is 1. The molecule has 0 aromatic heterocycles. The average molecular weight is 360 g/mol. The third kappa shape index (κ3) is 4.48. The molecule has 0 radical (unpaired) electrons. The van der Waals surface area contributed by atoms with Gasteiger partial charge in [0.25, 0.3) is 5.91 Å². The predicted molar refractivity (Wildman–Crippen MR) is 104 cm³/mol. The van der Waals surface area contributed by atoms with E-state index in [2.05, 4.69) is 18.3 Å². The number of carbonyl (C=O) groups excluding carboxylic acids is 1. The third-order valence-corrected chi connectivity index (χ3v) is 6.87. The molecule has 0 saturated carbocycles. The van der Waals surface area contributed by atoms with Crippen molar-refractivity contribution in [1.82, 2.24) is 0 Å². The number of aryl methyl sites for hydroxylation is 1. The van der Waals surface area contributed by atoms with Crippen LogP contribution in [0.15, 0.2) is 48.5 Å². The Kier molecular flexibility index (Phi) is 6.10. The highest BCUT2D eigenvalue weighted by Crippen LogP contribution is 2.48. The van der Waals surface area contributed by atoms with E-state index < -0.39 is 0 Å². The Hall–Kier alpha value is -1.59. The minimum atomic E-state index is -0.138. The summed E-state index contributed by atoms with van der Waals surface area (Å²) >= 11 is 3.86. The highest BCUT2D eigenvalue weighted by Gasteiger charge is 2.21. The average Bonchev–Trinajstić information content (AvgIpc) is 3.15. The number of hydrogen-bond acceptors (Lipinski definition) is 4. The maximum Gasteiger partial charge on any atom is 0.262 e. The lowest BCUT2D eigenvalue weighted by Crippen LogP contribution is -2.20. The van der Waals surface area contributed by atoms with E-state index in [1.807, 2.05) is 66.0 Å². The van der Waals surface area contributed by atoms with Gasteiger partial charge in [0.15, 0.2) is 6.61 Å². The summed E-state index contributed by atoms with van der Waals surface area (Å²) in [6.07, 6.45) is 0.991. The van der Waals surface area contributed by atoms with Gasteiger partial charge in [-0.25, -0.2) is 0 Å². The minimum Gasteiger partial charge on any atom is -0.483 e. The molecule has 0 atom stereocenters. The van der Waals surface area contributed by atoms with Crippen LogP contribution in [0.2, 0.25) is 0 Å². The lowest BCUT2D eigenvalue weighted by Gasteiger charge is -2.15. The minimum absolute atomic E-state index is 0.0224. The van der Waals surface area contributed by atoms with Gasteiger partial charge >= 0.3 is 0 Å². The second-order valence-corrected chi connectivity index (χ2v) is 8.22. The van der Waals surface area contributed by atoms with E-state index in [0.29, 0.717) is 4.58 Å². The zero-order valence-electron chi connectivity index (χ0n) is 13.7. The second kappa shape index (κ2) is 8.49. The number of carbonyl (C=O) groups is 1. The predicted octanol–water partition coefficient (Wildman–Crippen LogP) is 4.75. The van der Waals surface area contributed by atoms with Gasteiger partial charge in [-0.05, 0) is 30.2 Å². The normalized spacial score (nSPS) is 14.5. The number of para-hydroxylation sites is 1. The molecule has 1 amide bonds. The van der Waals surface area contributed by atoms with Gasteiger partial charge < -0.3 is 10.1 Å². The van der Waals surface area contributed by atoms with E-state index in [1.165, 1.54) is 11.1 Å². The van der Waals surface area contributed by atoms with Gasteiger partial charge in [0.2, 0.25) is 0 Å². The molecule has 24 heavy (non-hydrogen) atoms. The van der Waals surface area contributed by atoms with Gasteiger partial charge in [-0.2, -0.15) is 0 Å². The van der Waals surface area contributed by atoms with Crippen molar-refractivity contribution in [3.63, 3.8) is 0 Å². The van der Waals surface area contributed by atoms with E-state index in [0.717, 1.165) is 29.4 Å². The van der Waals surface area contributed by atoms with Crippen LogP contribution in [0.3, 0.4) is 0 Å². The smallest absolute Gasteiger partial charge is 0.262 e.